The first-order chi connectivity index (χ1) is 12.6. The van der Waals surface area contributed by atoms with E-state index in [1.54, 1.807) is 24.5 Å². The standard InChI is InChI=1S/C20H29N3O2S/c1-3-10-23(15-7-8-16-19(13-15)26-20(21)22-16)11-4-5-14-6-9-17(24)18(12-14)25-2/h6,9,12,15,24H,3-5,7-8,10-11,13H2,1-2H3,(H2,21,22). The van der Waals surface area contributed by atoms with Gasteiger partial charge in [-0.2, -0.15) is 0 Å². The van der Waals surface area contributed by atoms with Crippen LogP contribution in [0.15, 0.2) is 18.2 Å². The number of methoxy groups -OCH3 is 1. The molecule has 142 valence electrons. The monoisotopic (exact) mass is 375 g/mol. The Labute approximate surface area is 159 Å². The van der Waals surface area contributed by atoms with Crippen LogP contribution in [0.2, 0.25) is 0 Å². The van der Waals surface area contributed by atoms with E-state index in [1.165, 1.54) is 29.0 Å². The molecule has 0 bridgehead atoms. The summed E-state index contributed by atoms with van der Waals surface area (Å²) in [5.74, 6) is 0.751. The molecule has 5 nitrogen and oxygen atoms in total. The van der Waals surface area contributed by atoms with Crippen molar-refractivity contribution < 1.29 is 9.84 Å². The highest BCUT2D eigenvalue weighted by Crippen LogP contribution is 2.31. The number of fused-ring (bicyclic) bond motifs is 1. The van der Waals surface area contributed by atoms with Crippen LogP contribution >= 0.6 is 11.3 Å². The molecule has 0 fully saturated rings. The maximum absolute atomic E-state index is 9.72. The summed E-state index contributed by atoms with van der Waals surface area (Å²) in [6, 6.07) is 6.23. The molecule has 1 aliphatic rings. The number of nitrogen functional groups attached to an aromatic ring is 1. The fourth-order valence-electron chi connectivity index (χ4n) is 3.82. The summed E-state index contributed by atoms with van der Waals surface area (Å²) < 4.78 is 5.21. The van der Waals surface area contributed by atoms with Crippen LogP contribution in [-0.2, 0) is 19.3 Å². The second-order valence-electron chi connectivity index (χ2n) is 6.96. The smallest absolute Gasteiger partial charge is 0.180 e. The lowest BCUT2D eigenvalue weighted by atomic mass is 9.95. The molecular weight excluding hydrogens is 346 g/mol. The number of aryl methyl sites for hydroxylation is 2. The Hall–Kier alpha value is -1.79. The summed E-state index contributed by atoms with van der Waals surface area (Å²) in [5, 5.41) is 10.4. The third-order valence-corrected chi connectivity index (χ3v) is 6.06. The van der Waals surface area contributed by atoms with Gasteiger partial charge < -0.3 is 20.5 Å². The first kappa shape index (κ1) is 19.0. The summed E-state index contributed by atoms with van der Waals surface area (Å²) in [7, 11) is 1.59. The molecule has 1 atom stereocenters. The molecule has 0 aliphatic heterocycles. The number of nitrogens with two attached hydrogens (primary N) is 1. The Morgan fingerprint density at radius 2 is 2.23 bits per heavy atom. The predicted molar refractivity (Wildman–Crippen MR) is 107 cm³/mol. The lowest BCUT2D eigenvalue weighted by Crippen LogP contribution is -2.40. The van der Waals surface area contributed by atoms with Gasteiger partial charge >= 0.3 is 0 Å². The van der Waals surface area contributed by atoms with Crippen LogP contribution in [0.3, 0.4) is 0 Å². The molecule has 1 heterocycles. The normalized spacial score (nSPS) is 16.7. The van der Waals surface area contributed by atoms with Gasteiger partial charge in [-0.15, -0.1) is 11.3 Å². The molecule has 1 unspecified atom stereocenters. The minimum absolute atomic E-state index is 0.200. The highest BCUT2D eigenvalue weighted by atomic mass is 32.1. The third kappa shape index (κ3) is 4.48. The topological polar surface area (TPSA) is 71.6 Å². The Bertz CT molecular complexity index is 732. The zero-order valence-electron chi connectivity index (χ0n) is 15.7. The number of thiazole rings is 1. The minimum atomic E-state index is 0.200. The molecule has 1 aliphatic carbocycles. The zero-order valence-corrected chi connectivity index (χ0v) is 16.5. The number of aromatic nitrogens is 1. The van der Waals surface area contributed by atoms with Crippen molar-refractivity contribution in [2.45, 2.75) is 51.5 Å². The van der Waals surface area contributed by atoms with Gasteiger partial charge in [0.25, 0.3) is 0 Å². The highest BCUT2D eigenvalue weighted by Gasteiger charge is 2.26. The first-order valence-electron chi connectivity index (χ1n) is 9.44. The molecule has 26 heavy (non-hydrogen) atoms. The Balaban J connectivity index is 1.57. The van der Waals surface area contributed by atoms with E-state index in [1.807, 2.05) is 12.1 Å². The van der Waals surface area contributed by atoms with Crippen LogP contribution in [-0.4, -0.2) is 41.2 Å². The lowest BCUT2D eigenvalue weighted by molar-refractivity contribution is 0.178. The first-order valence-corrected chi connectivity index (χ1v) is 10.3. The minimum Gasteiger partial charge on any atom is -0.504 e. The van der Waals surface area contributed by atoms with E-state index >= 15 is 0 Å². The molecular formula is C20H29N3O2S. The van der Waals surface area contributed by atoms with Crippen LogP contribution in [0.1, 0.15) is 42.3 Å². The summed E-state index contributed by atoms with van der Waals surface area (Å²) in [5.41, 5.74) is 8.31. The van der Waals surface area contributed by atoms with Crippen LogP contribution in [0.25, 0.3) is 0 Å². The van der Waals surface area contributed by atoms with E-state index in [4.69, 9.17) is 10.5 Å². The molecule has 6 heteroatoms. The Morgan fingerprint density at radius 1 is 1.38 bits per heavy atom. The molecule has 2 aromatic rings. The van der Waals surface area contributed by atoms with Gasteiger partial charge in [-0.3, -0.25) is 0 Å². The summed E-state index contributed by atoms with van der Waals surface area (Å²) >= 11 is 1.66. The van der Waals surface area contributed by atoms with E-state index < -0.39 is 0 Å². The second-order valence-corrected chi connectivity index (χ2v) is 8.08. The number of hydrogen-bond acceptors (Lipinski definition) is 6. The van der Waals surface area contributed by atoms with Crippen molar-refractivity contribution in [2.24, 2.45) is 0 Å². The molecule has 3 rings (SSSR count). The molecule has 3 N–H and O–H groups in total. The second kappa shape index (κ2) is 8.73. The number of aromatic hydroxyl groups is 1. The SMILES string of the molecule is CCCN(CCCc1ccc(O)c(OC)c1)C1CCc2nc(N)sc2C1. The number of phenols is 1. The molecule has 0 radical (unpaired) electrons. The lowest BCUT2D eigenvalue weighted by Gasteiger charge is -2.33. The van der Waals surface area contributed by atoms with Gasteiger partial charge in [-0.25, -0.2) is 4.98 Å². The summed E-state index contributed by atoms with van der Waals surface area (Å²) in [6.07, 6.45) is 6.55. The Kier molecular flexibility index (Phi) is 6.38. The number of anilines is 1. The van der Waals surface area contributed by atoms with Crippen molar-refractivity contribution >= 4 is 16.5 Å². The van der Waals surface area contributed by atoms with Crippen molar-refractivity contribution in [3.63, 3.8) is 0 Å². The van der Waals surface area contributed by atoms with Gasteiger partial charge in [0.05, 0.1) is 12.8 Å². The quantitative estimate of drug-likeness (QED) is 0.737. The van der Waals surface area contributed by atoms with Gasteiger partial charge in [0.2, 0.25) is 0 Å². The van der Waals surface area contributed by atoms with E-state index in [-0.39, 0.29) is 5.75 Å². The number of hydrogen-bond donors (Lipinski definition) is 2. The highest BCUT2D eigenvalue weighted by molar-refractivity contribution is 7.15. The van der Waals surface area contributed by atoms with E-state index in [0.29, 0.717) is 16.9 Å². The predicted octanol–water partition coefficient (Wildman–Crippen LogP) is 3.64. The Morgan fingerprint density at radius 3 is 3.00 bits per heavy atom. The van der Waals surface area contributed by atoms with Crippen LogP contribution in [0, 0.1) is 0 Å². The number of benzene rings is 1. The van der Waals surface area contributed by atoms with Crippen LogP contribution in [0.4, 0.5) is 5.13 Å². The molecule has 1 aromatic carbocycles. The molecule has 0 saturated heterocycles. The van der Waals surface area contributed by atoms with Crippen molar-refractivity contribution in [3.05, 3.63) is 34.3 Å². The van der Waals surface area contributed by atoms with Crippen molar-refractivity contribution in [1.82, 2.24) is 9.88 Å². The van der Waals surface area contributed by atoms with E-state index in [9.17, 15) is 5.11 Å². The summed E-state index contributed by atoms with van der Waals surface area (Å²) in [4.78, 5) is 8.48. The van der Waals surface area contributed by atoms with Gasteiger partial charge in [0, 0.05) is 10.9 Å². The van der Waals surface area contributed by atoms with E-state index in [2.05, 4.69) is 16.8 Å². The molecule has 1 aromatic heterocycles. The van der Waals surface area contributed by atoms with Gasteiger partial charge in [0.15, 0.2) is 16.6 Å². The summed E-state index contributed by atoms with van der Waals surface area (Å²) in [6.45, 7) is 4.47. The van der Waals surface area contributed by atoms with Crippen molar-refractivity contribution in [3.8, 4) is 11.5 Å². The third-order valence-electron chi connectivity index (χ3n) is 5.11. The molecule has 0 amide bonds. The van der Waals surface area contributed by atoms with Gasteiger partial charge in [-0.05, 0) is 69.3 Å². The molecule has 0 saturated carbocycles. The fourth-order valence-corrected chi connectivity index (χ4v) is 4.77. The van der Waals surface area contributed by atoms with Crippen molar-refractivity contribution in [2.75, 3.05) is 25.9 Å². The van der Waals surface area contributed by atoms with Gasteiger partial charge in [-0.1, -0.05) is 13.0 Å². The van der Waals surface area contributed by atoms with Crippen LogP contribution in [0.5, 0.6) is 11.5 Å². The van der Waals surface area contributed by atoms with E-state index in [0.717, 1.165) is 38.8 Å². The van der Waals surface area contributed by atoms with Crippen molar-refractivity contribution in [1.29, 1.82) is 0 Å². The maximum Gasteiger partial charge on any atom is 0.180 e. The van der Waals surface area contributed by atoms with Gasteiger partial charge in [0.1, 0.15) is 0 Å². The number of phenolic OH excluding ortho intramolecular Hbond substituents is 1. The van der Waals surface area contributed by atoms with Crippen LogP contribution < -0.4 is 10.5 Å². The zero-order chi connectivity index (χ0) is 18.5. The number of ether oxygens (including phenoxy) is 1. The number of nitrogens with zero attached hydrogens (tertiary/aromatic N) is 2. The average Bonchev–Trinajstić information content (AvgIpc) is 3.01. The molecule has 0 spiro atoms. The largest absolute Gasteiger partial charge is 0.504 e. The fraction of sp³-hybridized carbons (Fsp3) is 0.550. The average molecular weight is 376 g/mol. The number of rotatable bonds is 8. The maximum atomic E-state index is 9.72.